The predicted octanol–water partition coefficient (Wildman–Crippen LogP) is 8.97. The molecular formula is C52H99N3O11S4. The quantitative estimate of drug-likeness (QED) is 0.0441. The molecule has 0 saturated carbocycles. The van der Waals surface area contributed by atoms with Crippen LogP contribution in [0.3, 0.4) is 0 Å². The zero-order valence-corrected chi connectivity index (χ0v) is 47.9. The lowest BCUT2D eigenvalue weighted by atomic mass is 10.0. The number of aliphatic carboxylic acids is 1. The fraction of sp³-hybridized carbons (Fsp3) is 0.769. The molecule has 412 valence electrons. The number of hydrogen-bond acceptors (Lipinski definition) is 17. The highest BCUT2D eigenvalue weighted by Gasteiger charge is 2.20. The van der Waals surface area contributed by atoms with Gasteiger partial charge in [0.05, 0.1) is 6.42 Å². The third-order valence-corrected chi connectivity index (χ3v) is 15.3. The summed E-state index contributed by atoms with van der Waals surface area (Å²) in [6.07, 6.45) is 1.30. The van der Waals surface area contributed by atoms with Crippen LogP contribution < -0.4 is 16.0 Å². The van der Waals surface area contributed by atoms with Crippen LogP contribution in [0.2, 0.25) is 0 Å². The Labute approximate surface area is 442 Å². The van der Waals surface area contributed by atoms with Crippen molar-refractivity contribution in [1.29, 1.82) is 0 Å². The van der Waals surface area contributed by atoms with Gasteiger partial charge in [-0.2, -0.15) is 47.0 Å². The highest BCUT2D eigenvalue weighted by molar-refractivity contribution is 8.00. The molecule has 0 radical (unpaired) electrons. The monoisotopic (exact) mass is 1070 g/mol. The molecule has 0 saturated heterocycles. The average molecular weight is 1070 g/mol. The van der Waals surface area contributed by atoms with Crippen molar-refractivity contribution in [3.05, 3.63) is 12.2 Å². The van der Waals surface area contributed by atoms with Crippen LogP contribution in [-0.4, -0.2) is 148 Å². The van der Waals surface area contributed by atoms with Gasteiger partial charge in [-0.05, 0) is 121 Å². The van der Waals surface area contributed by atoms with Gasteiger partial charge in [-0.25, -0.2) is 0 Å². The largest absolute Gasteiger partial charge is 0.481 e. The first-order chi connectivity index (χ1) is 31.4. The number of allylic oxidation sites excluding steroid dienone is 1. The highest BCUT2D eigenvalue weighted by atomic mass is 32.2. The zero-order valence-electron chi connectivity index (χ0n) is 44.7. The molecule has 0 spiro atoms. The summed E-state index contributed by atoms with van der Waals surface area (Å²) < 4.78 is 0. The Bertz CT molecular complexity index is 1420. The Morgan fingerprint density at radius 2 is 0.657 bits per heavy atom. The molecule has 18 heteroatoms. The molecule has 0 aliphatic rings. The Hall–Kier alpha value is -2.48. The predicted molar refractivity (Wildman–Crippen MR) is 303 cm³/mol. The molecule has 0 heterocycles. The lowest BCUT2D eigenvalue weighted by molar-refractivity contribution is -0.140. The number of Topliss-reactive ketones (excluding diaryl/α,β-unsaturated/α-hetero) is 9. The molecule has 7 unspecified atom stereocenters. The fourth-order valence-corrected chi connectivity index (χ4v) is 9.94. The molecular weight excluding hydrogens is 971 g/mol. The lowest BCUT2D eigenvalue weighted by Crippen LogP contribution is -2.25. The van der Waals surface area contributed by atoms with E-state index in [1.807, 2.05) is 28.1 Å². The van der Waals surface area contributed by atoms with Crippen molar-refractivity contribution >= 4 is 105 Å². The van der Waals surface area contributed by atoms with E-state index in [2.05, 4.69) is 50.2 Å². The molecule has 0 fully saturated rings. The van der Waals surface area contributed by atoms with Crippen LogP contribution in [0.4, 0.5) is 0 Å². The summed E-state index contributed by atoms with van der Waals surface area (Å²) in [6, 6.07) is 1.27. The summed E-state index contributed by atoms with van der Waals surface area (Å²) in [6.45, 7) is 27.6. The normalized spacial score (nSPS) is 13.1. The summed E-state index contributed by atoms with van der Waals surface area (Å²) in [5.74, 6) is 6.39. The topological polar surface area (TPSA) is 227 Å². The van der Waals surface area contributed by atoms with E-state index in [-0.39, 0.29) is 103 Å². The minimum atomic E-state index is -0.905. The van der Waals surface area contributed by atoms with Crippen LogP contribution in [0.25, 0.3) is 0 Å². The molecule has 0 amide bonds. The first-order valence-corrected chi connectivity index (χ1v) is 27.7. The van der Waals surface area contributed by atoms with Gasteiger partial charge in [-0.3, -0.25) is 33.6 Å². The second kappa shape index (κ2) is 51.4. The van der Waals surface area contributed by atoms with Gasteiger partial charge >= 0.3 is 5.97 Å². The number of carboxylic acid groups (broad SMARTS) is 1. The van der Waals surface area contributed by atoms with E-state index in [0.717, 1.165) is 40.3 Å². The molecule has 14 nitrogen and oxygen atoms in total. The maximum atomic E-state index is 11.2. The molecule has 7 atom stereocenters. The van der Waals surface area contributed by atoms with E-state index in [0.29, 0.717) is 54.6 Å². The van der Waals surface area contributed by atoms with Crippen molar-refractivity contribution in [2.75, 3.05) is 67.2 Å². The summed E-state index contributed by atoms with van der Waals surface area (Å²) in [5, 5.41) is 18.0. The number of thioether (sulfide) groups is 4. The number of carboxylic acids is 1. The Morgan fingerprint density at radius 1 is 0.414 bits per heavy atom. The second-order valence-corrected chi connectivity index (χ2v) is 22.0. The summed E-state index contributed by atoms with van der Waals surface area (Å²) in [5.41, 5.74) is 0.391. The minimum absolute atomic E-state index is 0. The summed E-state index contributed by atoms with van der Waals surface area (Å²) >= 11 is 6.84. The molecule has 0 aliphatic heterocycles. The van der Waals surface area contributed by atoms with Crippen molar-refractivity contribution in [2.45, 2.75) is 162 Å². The van der Waals surface area contributed by atoms with E-state index < -0.39 is 5.97 Å². The van der Waals surface area contributed by atoms with Crippen LogP contribution in [0.15, 0.2) is 12.2 Å². The molecule has 0 aromatic carbocycles. The number of carbonyl (C=O) groups is 10. The molecule has 0 rings (SSSR count). The maximum absolute atomic E-state index is 11.2. The number of nitrogens with one attached hydrogen (secondary N) is 3. The van der Waals surface area contributed by atoms with Crippen LogP contribution in [-0.2, 0) is 47.9 Å². The van der Waals surface area contributed by atoms with Gasteiger partial charge in [0.15, 0.2) is 5.78 Å². The number of rotatable bonds is 34. The zero-order chi connectivity index (χ0) is 54.1. The third kappa shape index (κ3) is 59.8. The van der Waals surface area contributed by atoms with E-state index >= 15 is 0 Å². The Kier molecular flexibility index (Phi) is 59.9. The van der Waals surface area contributed by atoms with Crippen LogP contribution in [0.5, 0.6) is 0 Å². The summed E-state index contributed by atoms with van der Waals surface area (Å²) in [4.78, 5) is 109. The van der Waals surface area contributed by atoms with E-state index in [1.54, 1.807) is 74.7 Å². The van der Waals surface area contributed by atoms with E-state index in [1.165, 1.54) is 34.6 Å². The van der Waals surface area contributed by atoms with Crippen LogP contribution in [0.1, 0.15) is 144 Å². The molecule has 0 aliphatic carbocycles. The first-order valence-electron chi connectivity index (χ1n) is 23.1. The minimum Gasteiger partial charge on any atom is -0.481 e. The maximum Gasteiger partial charge on any atom is 0.304 e. The smallest absolute Gasteiger partial charge is 0.304 e. The van der Waals surface area contributed by atoms with Gasteiger partial charge in [0.1, 0.15) is 46.3 Å². The van der Waals surface area contributed by atoms with Crippen molar-refractivity contribution in [2.24, 2.45) is 29.6 Å². The standard InChI is InChI=1S/2C11H21NO2S.C11H20O2S.C10H19NO3S.C7H10O2.2CH4/c2*1-8(12-4)6-15-7-11(10(3)14)5-9(2)13;1-8(2)6-14-7-11(10(4)13)5-9(3)12;1-7(11-3)5-15-6-9(8(2)12)4-10(13)14;1-5(7(3)9)4-6(2)8;;/h2*8,11-12H,5-7H2,1-4H3;8,11H,5-7H2,1-4H3;7,9,11H,4-6H2,1-3H3,(H,13,14);1,4H2,2-3H3;2*1H4. The van der Waals surface area contributed by atoms with E-state index in [9.17, 15) is 47.9 Å². The van der Waals surface area contributed by atoms with Gasteiger partial charge in [0, 0.05) is 108 Å². The van der Waals surface area contributed by atoms with Gasteiger partial charge in [-0.1, -0.05) is 35.3 Å². The lowest BCUT2D eigenvalue weighted by Gasteiger charge is -2.14. The SMILES string of the molecule is C.C.C=C(CC(C)=O)C(C)=O.CC(=O)CC(CSCC(C)C)C(C)=O.CNC(C)CSCC(CC(=O)O)C(C)=O.CNC(C)CSCC(CC(C)=O)C(C)=O.CNC(C)CSCC(CC(C)=O)C(C)=O. The van der Waals surface area contributed by atoms with Crippen molar-refractivity contribution in [3.63, 3.8) is 0 Å². The Balaban J connectivity index is -0.000000142. The Morgan fingerprint density at radius 3 is 0.814 bits per heavy atom. The second-order valence-electron chi connectivity index (χ2n) is 17.7. The molecule has 70 heavy (non-hydrogen) atoms. The average Bonchev–Trinajstić information content (AvgIpc) is 3.21. The third-order valence-electron chi connectivity index (χ3n) is 9.59. The molecule has 0 bridgehead atoms. The van der Waals surface area contributed by atoms with Crippen molar-refractivity contribution < 1.29 is 53.1 Å². The number of carbonyl (C=O) groups excluding carboxylic acids is 9. The molecule has 4 N–H and O–H groups in total. The summed E-state index contributed by atoms with van der Waals surface area (Å²) in [7, 11) is 5.72. The highest BCUT2D eigenvalue weighted by Crippen LogP contribution is 2.18. The van der Waals surface area contributed by atoms with Crippen molar-refractivity contribution in [1.82, 2.24) is 16.0 Å². The fourth-order valence-electron chi connectivity index (χ4n) is 4.81. The van der Waals surface area contributed by atoms with E-state index in [4.69, 9.17) is 5.11 Å². The molecule has 0 aromatic heterocycles. The number of hydrogen-bond donors (Lipinski definition) is 4. The van der Waals surface area contributed by atoms with Gasteiger partial charge in [0.2, 0.25) is 0 Å². The molecule has 0 aromatic rings. The number of ketones is 9. The van der Waals surface area contributed by atoms with Gasteiger partial charge < -0.3 is 35.4 Å². The van der Waals surface area contributed by atoms with Crippen LogP contribution in [0, 0.1) is 29.6 Å². The van der Waals surface area contributed by atoms with Crippen LogP contribution >= 0.6 is 47.0 Å². The first kappa shape index (κ1) is 81.6. The van der Waals surface area contributed by atoms with Gasteiger partial charge in [0.25, 0.3) is 0 Å². The van der Waals surface area contributed by atoms with Crippen molar-refractivity contribution in [3.8, 4) is 0 Å². The van der Waals surface area contributed by atoms with Gasteiger partial charge in [-0.15, -0.1) is 0 Å².